The molecule has 150 valence electrons. The number of nitro benzene ring substituents is 1. The molecule has 0 spiro atoms. The van der Waals surface area contributed by atoms with Crippen LogP contribution in [0.2, 0.25) is 0 Å². The van der Waals surface area contributed by atoms with E-state index in [1.165, 1.54) is 12.1 Å². The minimum Gasteiger partial charge on any atom is -0.444 e. The zero-order valence-electron chi connectivity index (χ0n) is 16.3. The summed E-state index contributed by atoms with van der Waals surface area (Å²) in [4.78, 5) is 33.0. The van der Waals surface area contributed by atoms with Gasteiger partial charge in [-0.1, -0.05) is 0 Å². The molecule has 0 atom stereocenters. The number of carbonyl (C=O) groups excluding carboxylic acids is 1. The maximum atomic E-state index is 12.1. The topological polar surface area (TPSA) is 110 Å². The zero-order valence-corrected chi connectivity index (χ0v) is 16.3. The van der Waals surface area contributed by atoms with Crippen molar-refractivity contribution in [3.05, 3.63) is 34.5 Å². The molecule has 2 heterocycles. The molecule has 1 aliphatic rings. The Balaban J connectivity index is 1.52. The van der Waals surface area contributed by atoms with Crippen LogP contribution in [0.3, 0.4) is 0 Å². The Kier molecular flexibility index (Phi) is 5.62. The second-order valence-corrected chi connectivity index (χ2v) is 7.98. The van der Waals surface area contributed by atoms with Gasteiger partial charge in [-0.05, 0) is 45.6 Å². The normalized spacial score (nSPS) is 15.5. The maximum absolute atomic E-state index is 12.1. The highest BCUT2D eigenvalue weighted by molar-refractivity contribution is 5.78. The summed E-state index contributed by atoms with van der Waals surface area (Å²) in [5.74, 6) is 1.06. The standard InChI is InChI=1S/C19H25N5O4/c1-19(2,3)28-18(25)23-8-6-13(7-9-23)11-21-17-12-20-16-10-14(24(26)27)4-5-15(16)22-17/h4-5,10,12-13H,6-9,11H2,1-3H3,(H,21,22). The van der Waals surface area contributed by atoms with Gasteiger partial charge in [0.1, 0.15) is 11.4 Å². The average Bonchev–Trinajstić information content (AvgIpc) is 2.64. The van der Waals surface area contributed by atoms with Crippen molar-refractivity contribution < 1.29 is 14.5 Å². The lowest BCUT2D eigenvalue weighted by Crippen LogP contribution is -2.42. The number of nitro groups is 1. The number of hydrogen-bond acceptors (Lipinski definition) is 7. The van der Waals surface area contributed by atoms with Crippen molar-refractivity contribution in [2.75, 3.05) is 25.0 Å². The van der Waals surface area contributed by atoms with Gasteiger partial charge in [-0.3, -0.25) is 15.1 Å². The number of anilines is 1. The smallest absolute Gasteiger partial charge is 0.410 e. The van der Waals surface area contributed by atoms with Crippen LogP contribution >= 0.6 is 0 Å². The van der Waals surface area contributed by atoms with E-state index in [9.17, 15) is 14.9 Å². The molecule has 3 rings (SSSR count). The van der Waals surface area contributed by atoms with Crippen LogP contribution in [0.4, 0.5) is 16.3 Å². The van der Waals surface area contributed by atoms with Gasteiger partial charge in [-0.25, -0.2) is 9.78 Å². The van der Waals surface area contributed by atoms with Gasteiger partial charge in [0.2, 0.25) is 0 Å². The lowest BCUT2D eigenvalue weighted by Gasteiger charge is -2.33. The molecule has 1 amide bonds. The van der Waals surface area contributed by atoms with E-state index in [1.54, 1.807) is 17.2 Å². The first-order chi connectivity index (χ1) is 13.2. The molecule has 9 heteroatoms. The molecule has 0 aliphatic carbocycles. The first-order valence-corrected chi connectivity index (χ1v) is 9.34. The number of nitrogens with one attached hydrogen (secondary N) is 1. The highest BCUT2D eigenvalue weighted by atomic mass is 16.6. The lowest BCUT2D eigenvalue weighted by molar-refractivity contribution is -0.384. The quantitative estimate of drug-likeness (QED) is 0.630. The first kappa shape index (κ1) is 19.8. The summed E-state index contributed by atoms with van der Waals surface area (Å²) in [6.45, 7) is 7.68. The number of carbonyl (C=O) groups is 1. The summed E-state index contributed by atoms with van der Waals surface area (Å²) in [5.41, 5.74) is 0.616. The minimum absolute atomic E-state index is 0.000689. The lowest BCUT2D eigenvalue weighted by atomic mass is 9.97. The van der Waals surface area contributed by atoms with Gasteiger partial charge in [0.25, 0.3) is 5.69 Å². The van der Waals surface area contributed by atoms with Crippen LogP contribution in [0.25, 0.3) is 11.0 Å². The highest BCUT2D eigenvalue weighted by Gasteiger charge is 2.26. The predicted octanol–water partition coefficient (Wildman–Crippen LogP) is 3.60. The second-order valence-electron chi connectivity index (χ2n) is 7.98. The summed E-state index contributed by atoms with van der Waals surface area (Å²) in [6.07, 6.45) is 3.11. The molecule has 0 bridgehead atoms. The molecule has 1 saturated heterocycles. The molecule has 1 aliphatic heterocycles. The third kappa shape index (κ3) is 5.05. The molecule has 1 N–H and O–H groups in total. The zero-order chi connectivity index (χ0) is 20.3. The average molecular weight is 387 g/mol. The van der Waals surface area contributed by atoms with Gasteiger partial charge >= 0.3 is 6.09 Å². The fraction of sp³-hybridized carbons (Fsp3) is 0.526. The van der Waals surface area contributed by atoms with Crippen molar-refractivity contribution in [3.63, 3.8) is 0 Å². The third-order valence-electron chi connectivity index (χ3n) is 4.57. The van der Waals surface area contributed by atoms with Gasteiger partial charge in [-0.15, -0.1) is 0 Å². The Morgan fingerprint density at radius 2 is 2.04 bits per heavy atom. The van der Waals surface area contributed by atoms with E-state index in [0.29, 0.717) is 35.9 Å². The molecule has 1 aromatic heterocycles. The molecular weight excluding hydrogens is 362 g/mol. The van der Waals surface area contributed by atoms with Crippen LogP contribution < -0.4 is 5.32 Å². The number of amides is 1. The van der Waals surface area contributed by atoms with Crippen LogP contribution in [0, 0.1) is 16.0 Å². The van der Waals surface area contributed by atoms with Gasteiger partial charge in [-0.2, -0.15) is 0 Å². The van der Waals surface area contributed by atoms with Gasteiger partial charge in [0.05, 0.1) is 22.2 Å². The van der Waals surface area contributed by atoms with E-state index >= 15 is 0 Å². The summed E-state index contributed by atoms with van der Waals surface area (Å²) in [6, 6.07) is 4.44. The summed E-state index contributed by atoms with van der Waals surface area (Å²) in [7, 11) is 0. The van der Waals surface area contributed by atoms with Crippen molar-refractivity contribution in [2.24, 2.45) is 5.92 Å². The number of hydrogen-bond donors (Lipinski definition) is 1. The molecule has 0 unspecified atom stereocenters. The number of non-ortho nitro benzene ring substituents is 1. The van der Waals surface area contributed by atoms with Gasteiger partial charge in [0.15, 0.2) is 0 Å². The minimum atomic E-state index is -0.481. The van der Waals surface area contributed by atoms with Crippen LogP contribution in [-0.4, -0.2) is 51.1 Å². The first-order valence-electron chi connectivity index (χ1n) is 9.34. The number of nitrogens with zero attached hydrogens (tertiary/aromatic N) is 4. The molecule has 1 fully saturated rings. The molecule has 2 aromatic rings. The molecular formula is C19H25N5O4. The Hall–Kier alpha value is -2.97. The Morgan fingerprint density at radius 1 is 1.32 bits per heavy atom. The van der Waals surface area contributed by atoms with E-state index in [4.69, 9.17) is 4.74 Å². The van der Waals surface area contributed by atoms with E-state index in [0.717, 1.165) is 19.4 Å². The third-order valence-corrected chi connectivity index (χ3v) is 4.57. The number of likely N-dealkylation sites (tertiary alicyclic amines) is 1. The number of benzene rings is 1. The van der Waals surface area contributed by atoms with E-state index in [1.807, 2.05) is 20.8 Å². The number of fused-ring (bicyclic) bond motifs is 1. The van der Waals surface area contributed by atoms with E-state index in [-0.39, 0.29) is 11.8 Å². The number of ether oxygens (including phenoxy) is 1. The molecule has 0 saturated carbocycles. The van der Waals surface area contributed by atoms with Crippen molar-refractivity contribution >= 4 is 28.6 Å². The van der Waals surface area contributed by atoms with E-state index in [2.05, 4.69) is 15.3 Å². The monoisotopic (exact) mass is 387 g/mol. The summed E-state index contributed by atoms with van der Waals surface area (Å²) >= 11 is 0. The van der Waals surface area contributed by atoms with Crippen molar-refractivity contribution in [2.45, 2.75) is 39.2 Å². The van der Waals surface area contributed by atoms with Crippen LogP contribution in [-0.2, 0) is 4.74 Å². The maximum Gasteiger partial charge on any atom is 0.410 e. The summed E-state index contributed by atoms with van der Waals surface area (Å²) < 4.78 is 5.42. The Morgan fingerprint density at radius 3 is 2.68 bits per heavy atom. The summed E-state index contributed by atoms with van der Waals surface area (Å²) in [5, 5.41) is 14.1. The second kappa shape index (κ2) is 7.95. The van der Waals surface area contributed by atoms with Crippen molar-refractivity contribution in [1.29, 1.82) is 0 Å². The molecule has 0 radical (unpaired) electrons. The van der Waals surface area contributed by atoms with Crippen molar-refractivity contribution in [1.82, 2.24) is 14.9 Å². The van der Waals surface area contributed by atoms with Gasteiger partial charge < -0.3 is 15.0 Å². The fourth-order valence-corrected chi connectivity index (χ4v) is 3.09. The molecule has 28 heavy (non-hydrogen) atoms. The van der Waals surface area contributed by atoms with Crippen LogP contribution in [0.15, 0.2) is 24.4 Å². The molecule has 1 aromatic carbocycles. The van der Waals surface area contributed by atoms with Gasteiger partial charge in [0, 0.05) is 31.8 Å². The SMILES string of the molecule is CC(C)(C)OC(=O)N1CCC(CNc2cnc3cc([N+](=O)[O-])ccc3n2)CC1. The Bertz CT molecular complexity index is 872. The molecule has 9 nitrogen and oxygen atoms in total. The van der Waals surface area contributed by atoms with Crippen LogP contribution in [0.1, 0.15) is 33.6 Å². The Labute approximate surface area is 163 Å². The number of piperidine rings is 1. The largest absolute Gasteiger partial charge is 0.444 e. The van der Waals surface area contributed by atoms with Crippen LogP contribution in [0.5, 0.6) is 0 Å². The number of rotatable bonds is 4. The van der Waals surface area contributed by atoms with E-state index < -0.39 is 10.5 Å². The predicted molar refractivity (Wildman–Crippen MR) is 105 cm³/mol. The highest BCUT2D eigenvalue weighted by Crippen LogP contribution is 2.22. The number of aromatic nitrogens is 2. The fourth-order valence-electron chi connectivity index (χ4n) is 3.09. The van der Waals surface area contributed by atoms with Crippen molar-refractivity contribution in [3.8, 4) is 0 Å².